The SMILES string of the molecule is O=C1C(Cl)=C(Cl)C(=O)c2c1nc1ccccn21. The molecule has 17 heavy (non-hydrogen) atoms. The van der Waals surface area contributed by atoms with E-state index in [9.17, 15) is 9.59 Å². The number of halogens is 2. The molecule has 6 heteroatoms. The summed E-state index contributed by atoms with van der Waals surface area (Å²) >= 11 is 11.4. The molecule has 0 spiro atoms. The van der Waals surface area contributed by atoms with Gasteiger partial charge in [0, 0.05) is 6.20 Å². The zero-order chi connectivity index (χ0) is 12.2. The highest BCUT2D eigenvalue weighted by molar-refractivity contribution is 6.59. The smallest absolute Gasteiger partial charge is 0.226 e. The quantitative estimate of drug-likeness (QED) is 0.736. The lowest BCUT2D eigenvalue weighted by Gasteiger charge is -2.09. The van der Waals surface area contributed by atoms with Gasteiger partial charge in [0.1, 0.15) is 27.1 Å². The number of rotatable bonds is 0. The van der Waals surface area contributed by atoms with Crippen LogP contribution in [0, 0.1) is 0 Å². The van der Waals surface area contributed by atoms with Crippen LogP contribution in [0.1, 0.15) is 21.0 Å². The lowest BCUT2D eigenvalue weighted by molar-refractivity contribution is 0.0981. The maximum absolute atomic E-state index is 12.0. The number of aromatic nitrogens is 2. The fraction of sp³-hybridized carbons (Fsp3) is 0. The highest BCUT2D eigenvalue weighted by Crippen LogP contribution is 2.30. The molecule has 0 saturated heterocycles. The molecule has 0 bridgehead atoms. The molecule has 0 aliphatic heterocycles. The zero-order valence-corrected chi connectivity index (χ0v) is 9.79. The van der Waals surface area contributed by atoms with Gasteiger partial charge < -0.3 is 0 Å². The first-order valence-electron chi connectivity index (χ1n) is 4.73. The number of carbonyl (C=O) groups is 2. The summed E-state index contributed by atoms with van der Waals surface area (Å²) in [6.45, 7) is 0. The minimum Gasteiger partial charge on any atom is -0.296 e. The standard InChI is InChI=1S/C11H4Cl2N2O2/c12-6-7(13)11(17)9-8(10(6)16)14-5-3-1-2-4-15(5)9/h1-4H. The number of nitrogens with zero attached hydrogens (tertiary/aromatic N) is 2. The van der Waals surface area contributed by atoms with Gasteiger partial charge in [0.15, 0.2) is 0 Å². The third kappa shape index (κ3) is 1.28. The summed E-state index contributed by atoms with van der Waals surface area (Å²) in [7, 11) is 0. The molecule has 1 aliphatic rings. The lowest BCUT2D eigenvalue weighted by Crippen LogP contribution is -2.18. The third-order valence-corrected chi connectivity index (χ3v) is 3.37. The van der Waals surface area contributed by atoms with Crippen molar-refractivity contribution in [3.8, 4) is 0 Å². The molecule has 0 saturated carbocycles. The van der Waals surface area contributed by atoms with E-state index in [0.717, 1.165) is 0 Å². The van der Waals surface area contributed by atoms with Gasteiger partial charge in [-0.2, -0.15) is 0 Å². The van der Waals surface area contributed by atoms with E-state index < -0.39 is 11.6 Å². The van der Waals surface area contributed by atoms with Gasteiger partial charge >= 0.3 is 0 Å². The van der Waals surface area contributed by atoms with Crippen LogP contribution in [0.4, 0.5) is 0 Å². The molecule has 84 valence electrons. The first kappa shape index (κ1) is 10.5. The van der Waals surface area contributed by atoms with E-state index in [0.29, 0.717) is 5.65 Å². The van der Waals surface area contributed by atoms with E-state index in [-0.39, 0.29) is 21.5 Å². The van der Waals surface area contributed by atoms with E-state index in [1.165, 1.54) is 4.40 Å². The van der Waals surface area contributed by atoms with E-state index in [1.54, 1.807) is 24.4 Å². The van der Waals surface area contributed by atoms with E-state index in [4.69, 9.17) is 23.2 Å². The van der Waals surface area contributed by atoms with Gasteiger partial charge in [0.2, 0.25) is 11.6 Å². The second-order valence-corrected chi connectivity index (χ2v) is 4.28. The van der Waals surface area contributed by atoms with E-state index >= 15 is 0 Å². The van der Waals surface area contributed by atoms with Crippen molar-refractivity contribution < 1.29 is 9.59 Å². The number of hydrogen-bond donors (Lipinski definition) is 0. The Morgan fingerprint density at radius 3 is 2.53 bits per heavy atom. The van der Waals surface area contributed by atoms with Crippen molar-refractivity contribution in [1.29, 1.82) is 0 Å². The van der Waals surface area contributed by atoms with Crippen LogP contribution < -0.4 is 0 Å². The molecule has 2 aromatic rings. The summed E-state index contributed by atoms with van der Waals surface area (Å²) in [6.07, 6.45) is 1.65. The van der Waals surface area contributed by atoms with Crippen molar-refractivity contribution in [2.45, 2.75) is 0 Å². The number of imidazole rings is 1. The molecule has 0 fully saturated rings. The molecule has 0 radical (unpaired) electrons. The number of allylic oxidation sites excluding steroid dienone is 2. The van der Waals surface area contributed by atoms with E-state index in [1.807, 2.05) is 0 Å². The predicted octanol–water partition coefficient (Wildman–Crippen LogP) is 2.40. The average molecular weight is 267 g/mol. The van der Waals surface area contributed by atoms with Gasteiger partial charge in [-0.3, -0.25) is 14.0 Å². The minimum atomic E-state index is -0.519. The number of pyridine rings is 1. The molecule has 1 aliphatic carbocycles. The van der Waals surface area contributed by atoms with Crippen molar-refractivity contribution in [3.63, 3.8) is 0 Å². The summed E-state index contributed by atoms with van der Waals surface area (Å²) in [5.41, 5.74) is 0.727. The Morgan fingerprint density at radius 2 is 1.76 bits per heavy atom. The summed E-state index contributed by atoms with van der Waals surface area (Å²) in [5, 5.41) is -0.526. The molecule has 2 heterocycles. The molecule has 0 unspecified atom stereocenters. The summed E-state index contributed by atoms with van der Waals surface area (Å²) < 4.78 is 1.53. The number of Topliss-reactive ketones (excluding diaryl/α,β-unsaturated/α-hetero) is 2. The van der Waals surface area contributed by atoms with Crippen LogP contribution in [0.3, 0.4) is 0 Å². The Kier molecular flexibility index (Phi) is 2.11. The lowest BCUT2D eigenvalue weighted by atomic mass is 10.1. The van der Waals surface area contributed by atoms with Crippen LogP contribution >= 0.6 is 23.2 Å². The summed E-state index contributed by atoms with van der Waals surface area (Å²) in [5.74, 6) is -1.00. The third-order valence-electron chi connectivity index (χ3n) is 2.55. The Hall–Kier alpha value is -1.65. The van der Waals surface area contributed by atoms with E-state index in [2.05, 4.69) is 4.98 Å². The summed E-state index contributed by atoms with van der Waals surface area (Å²) in [6, 6.07) is 5.20. The number of carbonyl (C=O) groups excluding carboxylic acids is 2. The molecule has 3 rings (SSSR count). The fourth-order valence-electron chi connectivity index (χ4n) is 1.78. The zero-order valence-electron chi connectivity index (χ0n) is 8.28. The van der Waals surface area contributed by atoms with Gasteiger partial charge in [0.05, 0.1) is 0 Å². The normalized spacial score (nSPS) is 15.6. The number of fused-ring (bicyclic) bond motifs is 3. The molecular weight excluding hydrogens is 263 g/mol. The molecule has 0 N–H and O–H groups in total. The predicted molar refractivity (Wildman–Crippen MR) is 62.6 cm³/mol. The van der Waals surface area contributed by atoms with Crippen LogP contribution in [0.15, 0.2) is 34.5 Å². The van der Waals surface area contributed by atoms with Gasteiger partial charge in [-0.25, -0.2) is 4.98 Å². The van der Waals surface area contributed by atoms with Crippen LogP contribution in [-0.2, 0) is 0 Å². The highest BCUT2D eigenvalue weighted by Gasteiger charge is 2.34. The Bertz CT molecular complexity index is 715. The Morgan fingerprint density at radius 1 is 1.06 bits per heavy atom. The highest BCUT2D eigenvalue weighted by atomic mass is 35.5. The van der Waals surface area contributed by atoms with Gasteiger partial charge in [-0.05, 0) is 12.1 Å². The summed E-state index contributed by atoms with van der Waals surface area (Å²) in [4.78, 5) is 27.9. The maximum atomic E-state index is 12.0. The first-order chi connectivity index (χ1) is 8.11. The van der Waals surface area contributed by atoms with Crippen LogP contribution in [-0.4, -0.2) is 21.0 Å². The Balaban J connectivity index is 2.44. The number of ketones is 2. The Labute approximate surface area is 105 Å². The second-order valence-electron chi connectivity index (χ2n) is 3.52. The van der Waals surface area contributed by atoms with Crippen LogP contribution in [0.5, 0.6) is 0 Å². The monoisotopic (exact) mass is 266 g/mol. The van der Waals surface area contributed by atoms with Crippen molar-refractivity contribution in [1.82, 2.24) is 9.38 Å². The van der Waals surface area contributed by atoms with Gasteiger partial charge in [0.25, 0.3) is 0 Å². The number of hydrogen-bond acceptors (Lipinski definition) is 3. The van der Waals surface area contributed by atoms with Gasteiger partial charge in [-0.1, -0.05) is 29.3 Å². The molecule has 2 aromatic heterocycles. The largest absolute Gasteiger partial charge is 0.296 e. The topological polar surface area (TPSA) is 51.4 Å². The van der Waals surface area contributed by atoms with Crippen molar-refractivity contribution in [3.05, 3.63) is 45.8 Å². The first-order valence-corrected chi connectivity index (χ1v) is 5.48. The second kappa shape index (κ2) is 3.42. The molecule has 0 aromatic carbocycles. The van der Waals surface area contributed by atoms with Crippen molar-refractivity contribution >= 4 is 40.4 Å². The minimum absolute atomic E-state index is 0.0515. The maximum Gasteiger partial charge on any atom is 0.226 e. The molecule has 0 amide bonds. The van der Waals surface area contributed by atoms with Crippen LogP contribution in [0.2, 0.25) is 0 Å². The molecule has 0 atom stereocenters. The van der Waals surface area contributed by atoms with Crippen molar-refractivity contribution in [2.75, 3.05) is 0 Å². The molecular formula is C11H4Cl2N2O2. The average Bonchev–Trinajstić information content (AvgIpc) is 2.73. The van der Waals surface area contributed by atoms with Crippen molar-refractivity contribution in [2.24, 2.45) is 0 Å². The van der Waals surface area contributed by atoms with Gasteiger partial charge in [-0.15, -0.1) is 0 Å². The van der Waals surface area contributed by atoms with Crippen LogP contribution in [0.25, 0.3) is 5.65 Å². The molecule has 4 nitrogen and oxygen atoms in total. The fourth-order valence-corrected chi connectivity index (χ4v) is 2.13.